The third-order valence-corrected chi connectivity index (χ3v) is 4.12. The number of aliphatic imine (C=N–C) groups is 1. The fraction of sp³-hybridized carbons (Fsp3) is 0.357. The van der Waals surface area contributed by atoms with Gasteiger partial charge in [0.05, 0.1) is 17.2 Å². The average molecular weight is 307 g/mol. The minimum atomic E-state index is -0.332. The summed E-state index contributed by atoms with van der Waals surface area (Å²) < 4.78 is 13.6. The summed E-state index contributed by atoms with van der Waals surface area (Å²) >= 11 is 1.60. The van der Waals surface area contributed by atoms with Crippen LogP contribution >= 0.6 is 11.3 Å². The molecule has 0 atom stereocenters. The smallest absolute Gasteiger partial charge is 0.150 e. The molecule has 2 N–H and O–H groups in total. The highest BCUT2D eigenvalue weighted by Crippen LogP contribution is 2.24. The van der Waals surface area contributed by atoms with Crippen molar-refractivity contribution in [3.63, 3.8) is 0 Å². The van der Waals surface area contributed by atoms with Gasteiger partial charge in [-0.25, -0.2) is 9.37 Å². The summed E-state index contributed by atoms with van der Waals surface area (Å²) in [5, 5.41) is 8.20. The number of hydrogen-bond donors (Lipinski definition) is 2. The van der Waals surface area contributed by atoms with E-state index in [9.17, 15) is 4.39 Å². The van der Waals surface area contributed by atoms with Crippen molar-refractivity contribution in [3.8, 4) is 0 Å². The third-order valence-electron chi connectivity index (χ3n) is 2.91. The highest BCUT2D eigenvalue weighted by Gasteiger charge is 2.15. The van der Waals surface area contributed by atoms with Gasteiger partial charge in [0.25, 0.3) is 0 Å². The number of rotatable bonds is 5. The van der Waals surface area contributed by atoms with Crippen molar-refractivity contribution < 1.29 is 4.39 Å². The van der Waals surface area contributed by atoms with Crippen LogP contribution in [0.25, 0.3) is 0 Å². The zero-order valence-corrected chi connectivity index (χ0v) is 13.1. The number of anilines is 1. The molecule has 7 heteroatoms. The molecule has 0 saturated heterocycles. The maximum absolute atomic E-state index is 13.6. The molecular formula is C14H18FN5S. The number of aromatic nitrogens is 2. The lowest BCUT2D eigenvalue weighted by Gasteiger charge is -2.09. The standard InChI is InChI=1S/C14H18FN5S/c1-4-11-20-12(14(17-3)21-11)13(16-2)19-8-10-9(15)6-5-7-18-10/h5-7,17H,4,8H2,1-3H3,(H,16,19). The molecule has 0 aliphatic rings. The lowest BCUT2D eigenvalue weighted by molar-refractivity contribution is 0.594. The Morgan fingerprint density at radius 2 is 2.29 bits per heavy atom. The molecule has 0 radical (unpaired) electrons. The number of hydrogen-bond acceptors (Lipinski definition) is 5. The van der Waals surface area contributed by atoms with Crippen molar-refractivity contribution in [3.05, 3.63) is 40.5 Å². The van der Waals surface area contributed by atoms with Crippen LogP contribution in [0.3, 0.4) is 0 Å². The molecular weight excluding hydrogens is 289 g/mol. The largest absolute Gasteiger partial charge is 0.378 e. The van der Waals surface area contributed by atoms with E-state index in [2.05, 4.69) is 32.5 Å². The first kappa shape index (κ1) is 15.4. The number of nitrogens with zero attached hydrogens (tertiary/aromatic N) is 3. The molecule has 0 aromatic carbocycles. The first-order valence-corrected chi connectivity index (χ1v) is 7.49. The molecule has 21 heavy (non-hydrogen) atoms. The van der Waals surface area contributed by atoms with Gasteiger partial charge in [-0.3, -0.25) is 9.98 Å². The summed E-state index contributed by atoms with van der Waals surface area (Å²) in [5.41, 5.74) is 1.12. The van der Waals surface area contributed by atoms with Crippen LogP contribution in [0.1, 0.15) is 23.3 Å². The number of aryl methyl sites for hydroxylation is 1. The monoisotopic (exact) mass is 307 g/mol. The second-order valence-corrected chi connectivity index (χ2v) is 5.33. The van der Waals surface area contributed by atoms with E-state index in [1.807, 2.05) is 7.05 Å². The maximum Gasteiger partial charge on any atom is 0.150 e. The van der Waals surface area contributed by atoms with Crippen molar-refractivity contribution in [1.82, 2.24) is 15.3 Å². The zero-order valence-electron chi connectivity index (χ0n) is 12.3. The van der Waals surface area contributed by atoms with E-state index < -0.39 is 0 Å². The van der Waals surface area contributed by atoms with Gasteiger partial charge >= 0.3 is 0 Å². The summed E-state index contributed by atoms with van der Waals surface area (Å²) in [4.78, 5) is 12.8. The Kier molecular flexibility index (Phi) is 5.21. The Bertz CT molecular complexity index is 638. The summed E-state index contributed by atoms with van der Waals surface area (Å²) in [6.07, 6.45) is 2.44. The topological polar surface area (TPSA) is 62.2 Å². The van der Waals surface area contributed by atoms with E-state index in [1.165, 1.54) is 6.07 Å². The molecule has 2 heterocycles. The van der Waals surface area contributed by atoms with Gasteiger partial charge in [-0.15, -0.1) is 11.3 Å². The van der Waals surface area contributed by atoms with Gasteiger partial charge in [-0.1, -0.05) is 6.92 Å². The highest BCUT2D eigenvalue weighted by molar-refractivity contribution is 7.16. The molecule has 0 unspecified atom stereocenters. The van der Waals surface area contributed by atoms with Crippen LogP contribution < -0.4 is 10.6 Å². The first-order valence-electron chi connectivity index (χ1n) is 6.67. The predicted octanol–water partition coefficient (Wildman–Crippen LogP) is 2.45. The molecule has 0 aliphatic carbocycles. The Morgan fingerprint density at radius 3 is 2.90 bits per heavy atom. The van der Waals surface area contributed by atoms with Gasteiger partial charge in [0.15, 0.2) is 0 Å². The SMILES string of the molecule is CCc1nc(C(=NC)NCc2ncccc2F)c(NC)s1. The second-order valence-electron chi connectivity index (χ2n) is 4.25. The van der Waals surface area contributed by atoms with Gasteiger partial charge in [0.1, 0.15) is 22.3 Å². The third kappa shape index (κ3) is 3.55. The van der Waals surface area contributed by atoms with Crippen molar-refractivity contribution in [1.29, 1.82) is 0 Å². The van der Waals surface area contributed by atoms with Crippen molar-refractivity contribution in [2.45, 2.75) is 19.9 Å². The molecule has 0 spiro atoms. The number of amidine groups is 1. The normalized spacial score (nSPS) is 11.5. The minimum Gasteiger partial charge on any atom is -0.378 e. The Morgan fingerprint density at radius 1 is 1.48 bits per heavy atom. The van der Waals surface area contributed by atoms with Crippen LogP contribution in [0.2, 0.25) is 0 Å². The second kappa shape index (κ2) is 7.12. The number of halogens is 1. The van der Waals surface area contributed by atoms with Gasteiger partial charge in [-0.2, -0.15) is 0 Å². The molecule has 0 amide bonds. The summed E-state index contributed by atoms with van der Waals surface area (Å²) in [6, 6.07) is 2.96. The zero-order chi connectivity index (χ0) is 15.2. The molecule has 112 valence electrons. The summed E-state index contributed by atoms with van der Waals surface area (Å²) in [5.74, 6) is 0.294. The van der Waals surface area contributed by atoms with Crippen LogP contribution in [-0.2, 0) is 13.0 Å². The molecule has 2 aromatic heterocycles. The van der Waals surface area contributed by atoms with Crippen LogP contribution in [0.4, 0.5) is 9.39 Å². The summed E-state index contributed by atoms with van der Waals surface area (Å²) in [7, 11) is 3.53. The maximum atomic E-state index is 13.6. The Hall–Kier alpha value is -2.02. The van der Waals surface area contributed by atoms with Crippen molar-refractivity contribution in [2.24, 2.45) is 4.99 Å². The molecule has 0 saturated carbocycles. The van der Waals surface area contributed by atoms with Gasteiger partial charge in [0, 0.05) is 20.3 Å². The Labute approximate surface area is 127 Å². The van der Waals surface area contributed by atoms with Crippen LogP contribution in [0.15, 0.2) is 23.3 Å². The van der Waals surface area contributed by atoms with Gasteiger partial charge in [-0.05, 0) is 18.6 Å². The van der Waals surface area contributed by atoms with Crippen molar-refractivity contribution >= 4 is 22.2 Å². The Balaban J connectivity index is 2.18. The van der Waals surface area contributed by atoms with Gasteiger partial charge in [0.2, 0.25) is 0 Å². The molecule has 2 aromatic rings. The molecule has 0 aliphatic heterocycles. The van der Waals surface area contributed by atoms with E-state index in [-0.39, 0.29) is 12.4 Å². The van der Waals surface area contributed by atoms with Gasteiger partial charge < -0.3 is 10.6 Å². The van der Waals surface area contributed by atoms with E-state index in [1.54, 1.807) is 30.6 Å². The van der Waals surface area contributed by atoms with Crippen LogP contribution in [-0.4, -0.2) is 29.9 Å². The lowest BCUT2D eigenvalue weighted by atomic mass is 10.3. The van der Waals surface area contributed by atoms with E-state index in [0.717, 1.165) is 22.1 Å². The van der Waals surface area contributed by atoms with Crippen LogP contribution in [0, 0.1) is 5.82 Å². The fourth-order valence-electron chi connectivity index (χ4n) is 1.83. The number of thiazole rings is 1. The fourth-order valence-corrected chi connectivity index (χ4v) is 2.69. The van der Waals surface area contributed by atoms with Crippen molar-refractivity contribution in [2.75, 3.05) is 19.4 Å². The number of nitrogens with one attached hydrogen (secondary N) is 2. The average Bonchev–Trinajstić information content (AvgIpc) is 2.93. The molecule has 0 bridgehead atoms. The number of pyridine rings is 1. The minimum absolute atomic E-state index is 0.265. The molecule has 0 fully saturated rings. The highest BCUT2D eigenvalue weighted by atomic mass is 32.1. The van der Waals surface area contributed by atoms with E-state index in [0.29, 0.717) is 11.5 Å². The molecule has 2 rings (SSSR count). The first-order chi connectivity index (χ1) is 10.2. The summed E-state index contributed by atoms with van der Waals surface area (Å²) in [6.45, 7) is 2.32. The predicted molar refractivity (Wildman–Crippen MR) is 84.5 cm³/mol. The quantitative estimate of drug-likeness (QED) is 0.658. The van der Waals surface area contributed by atoms with Crippen LogP contribution in [0.5, 0.6) is 0 Å². The lowest BCUT2D eigenvalue weighted by Crippen LogP contribution is -2.26. The van der Waals surface area contributed by atoms with E-state index in [4.69, 9.17) is 0 Å². The molecule has 5 nitrogen and oxygen atoms in total. The van der Waals surface area contributed by atoms with E-state index >= 15 is 0 Å².